The molecule has 0 N–H and O–H groups in total. The molecule has 232 valence electrons. The van der Waals surface area contributed by atoms with E-state index in [1.54, 1.807) is 0 Å². The van der Waals surface area contributed by atoms with E-state index in [0.717, 1.165) is 82.4 Å². The first-order valence-electron chi connectivity index (χ1n) is 16.7. The molecule has 3 heterocycles. The zero-order chi connectivity index (χ0) is 33.5. The van der Waals surface area contributed by atoms with Crippen molar-refractivity contribution in [2.75, 3.05) is 0 Å². The topological polar surface area (TPSA) is 62.4 Å². The van der Waals surface area contributed by atoms with Crippen LogP contribution in [0.5, 0.6) is 0 Å². The molecule has 0 saturated heterocycles. The molecule has 0 radical (unpaired) electrons. The Kier molecular flexibility index (Phi) is 5.85. The summed E-state index contributed by atoms with van der Waals surface area (Å²) < 4.78 is 6.60. The number of para-hydroxylation sites is 6. The highest BCUT2D eigenvalue weighted by atomic mass is 15.1. The summed E-state index contributed by atoms with van der Waals surface area (Å²) in [5.41, 5.74) is 9.71. The van der Waals surface area contributed by atoms with E-state index < -0.39 is 0 Å². The molecule has 0 fully saturated rings. The van der Waals surface area contributed by atoms with Gasteiger partial charge in [0.25, 0.3) is 0 Å². The minimum Gasteiger partial charge on any atom is -0.307 e. The van der Waals surface area contributed by atoms with Gasteiger partial charge in [-0.25, -0.2) is 0 Å². The van der Waals surface area contributed by atoms with Gasteiger partial charge in [0, 0.05) is 32.3 Å². The summed E-state index contributed by atoms with van der Waals surface area (Å²) in [6, 6.07) is 55.3. The smallest absolute Gasteiger partial charge is 0.104 e. The standard InChI is InChI=1S/C45H27N5/c1-28-43(48-37-20-8-2-14-29(37)30-15-3-9-21-38(30)48)35(26-46)45(50-41-24-12-6-18-33(41)34-19-7-13-25-42(34)50)36(27-47)44(28)49-39-22-10-4-16-31(39)32-17-5-11-23-40(32)49/h2-25H,1H3. The van der Waals surface area contributed by atoms with Crippen LogP contribution < -0.4 is 0 Å². The Labute approximate surface area is 287 Å². The van der Waals surface area contributed by atoms with E-state index in [0.29, 0.717) is 16.8 Å². The molecule has 0 atom stereocenters. The lowest BCUT2D eigenvalue weighted by molar-refractivity contribution is 1.05. The van der Waals surface area contributed by atoms with Crippen molar-refractivity contribution in [3.05, 3.63) is 162 Å². The Bertz CT molecular complexity index is 2820. The van der Waals surface area contributed by atoms with Crippen LogP contribution in [0.4, 0.5) is 0 Å². The Morgan fingerprint density at radius 2 is 0.560 bits per heavy atom. The van der Waals surface area contributed by atoms with Gasteiger partial charge in [-0.15, -0.1) is 0 Å². The normalized spacial score (nSPS) is 11.7. The molecular formula is C45H27N5. The molecular weight excluding hydrogens is 611 g/mol. The molecule has 0 aliphatic heterocycles. The van der Waals surface area contributed by atoms with Crippen LogP contribution in [-0.4, -0.2) is 13.7 Å². The van der Waals surface area contributed by atoms with Gasteiger partial charge in [0.1, 0.15) is 23.3 Å². The van der Waals surface area contributed by atoms with Gasteiger partial charge in [-0.2, -0.15) is 10.5 Å². The molecule has 0 saturated carbocycles. The Balaban J connectivity index is 1.51. The van der Waals surface area contributed by atoms with Gasteiger partial charge in [-0.3, -0.25) is 0 Å². The second-order valence-corrected chi connectivity index (χ2v) is 12.8. The summed E-state index contributed by atoms with van der Waals surface area (Å²) in [4.78, 5) is 0. The number of rotatable bonds is 3. The highest BCUT2D eigenvalue weighted by Gasteiger charge is 2.30. The van der Waals surface area contributed by atoms with Crippen molar-refractivity contribution < 1.29 is 0 Å². The van der Waals surface area contributed by atoms with Crippen molar-refractivity contribution in [1.82, 2.24) is 13.7 Å². The largest absolute Gasteiger partial charge is 0.307 e. The van der Waals surface area contributed by atoms with Gasteiger partial charge in [0.15, 0.2) is 0 Å². The molecule has 5 nitrogen and oxygen atoms in total. The molecule has 5 heteroatoms. The van der Waals surface area contributed by atoms with Crippen LogP contribution in [0.2, 0.25) is 0 Å². The van der Waals surface area contributed by atoms with Crippen molar-refractivity contribution in [3.63, 3.8) is 0 Å². The average molecular weight is 638 g/mol. The maximum atomic E-state index is 11.4. The maximum absolute atomic E-state index is 11.4. The fourth-order valence-electron chi connectivity index (χ4n) is 8.32. The van der Waals surface area contributed by atoms with Crippen LogP contribution in [0, 0.1) is 29.6 Å². The third-order valence-corrected chi connectivity index (χ3v) is 10.3. The van der Waals surface area contributed by atoms with Crippen molar-refractivity contribution in [1.29, 1.82) is 10.5 Å². The highest BCUT2D eigenvalue weighted by Crippen LogP contribution is 2.44. The summed E-state index contributed by atoms with van der Waals surface area (Å²) in [7, 11) is 0. The molecule has 0 bridgehead atoms. The fraction of sp³-hybridized carbons (Fsp3) is 0.0222. The lowest BCUT2D eigenvalue weighted by atomic mass is 9.96. The van der Waals surface area contributed by atoms with Crippen LogP contribution in [0.1, 0.15) is 16.7 Å². The second kappa shape index (κ2) is 10.5. The SMILES string of the molecule is Cc1c(-n2c3ccccc3c3ccccc32)c(C#N)c(-n2c3ccccc3c3ccccc32)c(C#N)c1-n1c2ccccc2c2ccccc21. The van der Waals surface area contributed by atoms with Crippen molar-refractivity contribution in [3.8, 4) is 29.2 Å². The van der Waals surface area contributed by atoms with Gasteiger partial charge in [0.2, 0.25) is 0 Å². The fourth-order valence-corrected chi connectivity index (χ4v) is 8.32. The summed E-state index contributed by atoms with van der Waals surface area (Å²) in [5.74, 6) is 0. The monoisotopic (exact) mass is 637 g/mol. The third kappa shape index (κ3) is 3.58. The lowest BCUT2D eigenvalue weighted by Crippen LogP contribution is -2.14. The van der Waals surface area contributed by atoms with Crippen LogP contribution in [0.15, 0.2) is 146 Å². The van der Waals surface area contributed by atoms with Crippen molar-refractivity contribution in [2.24, 2.45) is 0 Å². The van der Waals surface area contributed by atoms with Gasteiger partial charge in [-0.05, 0) is 48.9 Å². The van der Waals surface area contributed by atoms with E-state index in [2.05, 4.69) is 130 Å². The molecule has 10 aromatic rings. The van der Waals surface area contributed by atoms with E-state index >= 15 is 0 Å². The molecule has 0 spiro atoms. The van der Waals surface area contributed by atoms with Crippen LogP contribution >= 0.6 is 0 Å². The number of hydrogen-bond acceptors (Lipinski definition) is 2. The maximum Gasteiger partial charge on any atom is 0.104 e. The van der Waals surface area contributed by atoms with Crippen molar-refractivity contribution in [2.45, 2.75) is 6.92 Å². The summed E-state index contributed by atoms with van der Waals surface area (Å²) in [6.45, 7) is 2.06. The number of nitrogens with zero attached hydrogens (tertiary/aromatic N) is 5. The van der Waals surface area contributed by atoms with Crippen LogP contribution in [-0.2, 0) is 0 Å². The van der Waals surface area contributed by atoms with E-state index in [-0.39, 0.29) is 0 Å². The van der Waals surface area contributed by atoms with Gasteiger partial charge in [0.05, 0.1) is 50.2 Å². The summed E-state index contributed by atoms with van der Waals surface area (Å²) in [6.07, 6.45) is 0. The molecule has 0 aliphatic rings. The number of benzene rings is 7. The molecule has 3 aromatic heterocycles. The minimum atomic E-state index is 0.446. The average Bonchev–Trinajstić information content (AvgIpc) is 3.80. The minimum absolute atomic E-state index is 0.446. The van der Waals surface area contributed by atoms with E-state index in [1.165, 1.54) is 0 Å². The van der Waals surface area contributed by atoms with Crippen LogP contribution in [0.25, 0.3) is 82.5 Å². The first kappa shape index (κ1) is 28.0. The second-order valence-electron chi connectivity index (χ2n) is 12.8. The molecule has 50 heavy (non-hydrogen) atoms. The van der Waals surface area contributed by atoms with Gasteiger partial charge in [-0.1, -0.05) is 109 Å². The Hall–Kier alpha value is -7.08. The number of hydrogen-bond donors (Lipinski definition) is 0. The van der Waals surface area contributed by atoms with Crippen molar-refractivity contribution >= 4 is 65.4 Å². The zero-order valence-corrected chi connectivity index (χ0v) is 27.1. The third-order valence-electron chi connectivity index (χ3n) is 10.3. The predicted octanol–water partition coefficient (Wildman–Crippen LogP) is 11.0. The highest BCUT2D eigenvalue weighted by molar-refractivity contribution is 6.13. The quantitative estimate of drug-likeness (QED) is 0.193. The van der Waals surface area contributed by atoms with E-state index in [1.807, 2.05) is 48.5 Å². The number of fused-ring (bicyclic) bond motifs is 9. The lowest BCUT2D eigenvalue weighted by Gasteiger charge is -2.24. The number of aromatic nitrogens is 3. The van der Waals surface area contributed by atoms with E-state index in [9.17, 15) is 10.5 Å². The van der Waals surface area contributed by atoms with Crippen LogP contribution in [0.3, 0.4) is 0 Å². The first-order chi connectivity index (χ1) is 24.7. The van der Waals surface area contributed by atoms with E-state index in [4.69, 9.17) is 0 Å². The Morgan fingerprint density at radius 1 is 0.340 bits per heavy atom. The molecule has 0 unspecified atom stereocenters. The van der Waals surface area contributed by atoms with Gasteiger partial charge >= 0.3 is 0 Å². The summed E-state index contributed by atoms with van der Waals surface area (Å²) in [5, 5.41) is 29.3. The molecule has 0 amide bonds. The first-order valence-corrected chi connectivity index (χ1v) is 16.7. The van der Waals surface area contributed by atoms with Gasteiger partial charge < -0.3 is 13.7 Å². The number of nitriles is 2. The Morgan fingerprint density at radius 3 is 0.800 bits per heavy atom. The molecule has 7 aromatic carbocycles. The molecule has 0 aliphatic carbocycles. The predicted molar refractivity (Wildman–Crippen MR) is 204 cm³/mol. The summed E-state index contributed by atoms with van der Waals surface area (Å²) >= 11 is 0. The zero-order valence-electron chi connectivity index (χ0n) is 27.1. The molecule has 10 rings (SSSR count).